The normalized spacial score (nSPS) is 10.8. The van der Waals surface area contributed by atoms with E-state index in [1.54, 1.807) is 18.0 Å². The van der Waals surface area contributed by atoms with Gasteiger partial charge in [-0.1, -0.05) is 12.1 Å². The number of anilines is 2. The van der Waals surface area contributed by atoms with Crippen LogP contribution >= 0.6 is 12.2 Å². The molecule has 0 saturated carbocycles. The summed E-state index contributed by atoms with van der Waals surface area (Å²) >= 11 is 5.41. The van der Waals surface area contributed by atoms with Crippen molar-refractivity contribution in [2.45, 2.75) is 27.7 Å². The summed E-state index contributed by atoms with van der Waals surface area (Å²) in [4.78, 5) is 16.7. The fourth-order valence-electron chi connectivity index (χ4n) is 4.13. The van der Waals surface area contributed by atoms with E-state index >= 15 is 0 Å². The Bertz CT molecular complexity index is 1410. The van der Waals surface area contributed by atoms with E-state index in [1.807, 2.05) is 50.2 Å². The predicted octanol–water partition coefficient (Wildman–Crippen LogP) is 5.02. The molecule has 4 rings (SSSR count). The number of nitrogens with zero attached hydrogens (tertiary/aromatic N) is 4. The van der Waals surface area contributed by atoms with Gasteiger partial charge in [0.15, 0.2) is 5.11 Å². The van der Waals surface area contributed by atoms with E-state index in [4.69, 9.17) is 17.0 Å². The zero-order valence-electron chi connectivity index (χ0n) is 21.1. The number of para-hydroxylation sites is 1. The van der Waals surface area contributed by atoms with Crippen LogP contribution in [0, 0.1) is 13.8 Å². The summed E-state index contributed by atoms with van der Waals surface area (Å²) in [6.07, 6.45) is 0. The number of nitrogens with one attached hydrogen (secondary N) is 2. The van der Waals surface area contributed by atoms with Crippen molar-refractivity contribution in [3.63, 3.8) is 0 Å². The Morgan fingerprint density at radius 3 is 2.31 bits per heavy atom. The van der Waals surface area contributed by atoms with Gasteiger partial charge in [-0.3, -0.25) is 10.1 Å². The van der Waals surface area contributed by atoms with Crippen molar-refractivity contribution in [2.75, 3.05) is 30.4 Å². The van der Waals surface area contributed by atoms with E-state index < -0.39 is 0 Å². The number of amides is 1. The van der Waals surface area contributed by atoms with Gasteiger partial charge in [0.2, 0.25) is 0 Å². The Balaban J connectivity index is 1.52. The highest BCUT2D eigenvalue weighted by atomic mass is 32.1. The van der Waals surface area contributed by atoms with Crippen LogP contribution in [0.3, 0.4) is 0 Å². The summed E-state index contributed by atoms with van der Waals surface area (Å²) < 4.78 is 5.39. The second kappa shape index (κ2) is 10.7. The van der Waals surface area contributed by atoms with Crippen molar-refractivity contribution in [3.05, 3.63) is 71.3 Å². The number of aryl methyl sites for hydroxylation is 2. The first-order valence-electron chi connectivity index (χ1n) is 11.8. The van der Waals surface area contributed by atoms with Gasteiger partial charge in [0.25, 0.3) is 5.91 Å². The number of aromatic nitrogens is 3. The zero-order valence-corrected chi connectivity index (χ0v) is 21.9. The van der Waals surface area contributed by atoms with Crippen molar-refractivity contribution in [2.24, 2.45) is 0 Å². The number of hydrogen-bond donors (Lipinski definition) is 2. The molecule has 1 aromatic heterocycles. The minimum absolute atomic E-state index is 0.186. The standard InChI is InChI=1S/C27H30N6O2S/c1-6-32(7-2)19-11-13-20(14-12-19)33-30-23-15-18(4)22(16-24(23)31-33)28-27(36)29-26(34)21-10-8-9-17(3)25(21)35-5/h8-16H,6-7H2,1-5H3,(H2,28,29,34,36). The van der Waals surface area contributed by atoms with Crippen LogP contribution in [0.25, 0.3) is 16.7 Å². The van der Waals surface area contributed by atoms with Gasteiger partial charge < -0.3 is 15.0 Å². The van der Waals surface area contributed by atoms with Gasteiger partial charge in [0.05, 0.1) is 18.4 Å². The van der Waals surface area contributed by atoms with E-state index in [0.29, 0.717) is 16.8 Å². The SMILES string of the molecule is CCN(CC)c1ccc(-n2nc3cc(C)c(NC(=S)NC(=O)c4cccc(C)c4OC)cc3n2)cc1. The molecule has 1 amide bonds. The Kier molecular flexibility index (Phi) is 7.49. The molecule has 0 spiro atoms. The quantitative estimate of drug-likeness (QED) is 0.343. The smallest absolute Gasteiger partial charge is 0.261 e. The molecular formula is C27H30N6O2S. The monoisotopic (exact) mass is 502 g/mol. The molecule has 4 aromatic rings. The second-order valence-electron chi connectivity index (χ2n) is 8.40. The molecule has 0 atom stereocenters. The van der Waals surface area contributed by atoms with Crippen LogP contribution in [0.4, 0.5) is 11.4 Å². The van der Waals surface area contributed by atoms with Gasteiger partial charge in [-0.15, -0.1) is 10.2 Å². The molecule has 0 aliphatic carbocycles. The van der Waals surface area contributed by atoms with E-state index in [2.05, 4.69) is 51.7 Å². The molecule has 0 aliphatic rings. The summed E-state index contributed by atoms with van der Waals surface area (Å²) in [6.45, 7) is 10.0. The third kappa shape index (κ3) is 5.16. The lowest BCUT2D eigenvalue weighted by Gasteiger charge is -2.20. The topological polar surface area (TPSA) is 84.3 Å². The lowest BCUT2D eigenvalue weighted by atomic mass is 10.1. The Morgan fingerprint density at radius 2 is 1.67 bits per heavy atom. The lowest BCUT2D eigenvalue weighted by molar-refractivity contribution is 0.0974. The summed E-state index contributed by atoms with van der Waals surface area (Å²) in [6, 6.07) is 17.4. The van der Waals surface area contributed by atoms with E-state index in [-0.39, 0.29) is 11.0 Å². The Morgan fingerprint density at radius 1 is 1.00 bits per heavy atom. The van der Waals surface area contributed by atoms with Gasteiger partial charge in [0, 0.05) is 24.5 Å². The number of rotatable bonds is 7. The second-order valence-corrected chi connectivity index (χ2v) is 8.81. The fraction of sp³-hybridized carbons (Fsp3) is 0.259. The molecule has 3 aromatic carbocycles. The first-order chi connectivity index (χ1) is 17.3. The van der Waals surface area contributed by atoms with Crippen molar-refractivity contribution in [1.29, 1.82) is 0 Å². The summed E-state index contributed by atoms with van der Waals surface area (Å²) in [5.41, 5.74) is 6.49. The van der Waals surface area contributed by atoms with Gasteiger partial charge in [0.1, 0.15) is 16.8 Å². The molecule has 186 valence electrons. The molecule has 36 heavy (non-hydrogen) atoms. The maximum atomic E-state index is 12.8. The average molecular weight is 503 g/mol. The maximum Gasteiger partial charge on any atom is 0.261 e. The van der Waals surface area contributed by atoms with Crippen LogP contribution in [0.2, 0.25) is 0 Å². The number of methoxy groups -OCH3 is 1. The predicted molar refractivity (Wildman–Crippen MR) is 149 cm³/mol. The number of thiocarbonyl (C=S) groups is 1. The zero-order chi connectivity index (χ0) is 25.8. The Labute approximate surface area is 216 Å². The number of hydrogen-bond acceptors (Lipinski definition) is 6. The van der Waals surface area contributed by atoms with Gasteiger partial charge in [-0.25, -0.2) is 0 Å². The molecule has 9 heteroatoms. The van der Waals surface area contributed by atoms with Crippen molar-refractivity contribution in [1.82, 2.24) is 20.3 Å². The summed E-state index contributed by atoms with van der Waals surface area (Å²) in [7, 11) is 1.54. The molecule has 8 nitrogen and oxygen atoms in total. The number of ether oxygens (including phenoxy) is 1. The molecule has 0 fully saturated rings. The fourth-order valence-corrected chi connectivity index (χ4v) is 4.33. The van der Waals surface area contributed by atoms with Crippen LogP contribution in [-0.2, 0) is 0 Å². The van der Waals surface area contributed by atoms with Gasteiger partial charge in [-0.05, 0) is 93.5 Å². The third-order valence-electron chi connectivity index (χ3n) is 6.07. The van der Waals surface area contributed by atoms with Crippen LogP contribution in [0.5, 0.6) is 5.75 Å². The average Bonchev–Trinajstić information content (AvgIpc) is 3.27. The summed E-state index contributed by atoms with van der Waals surface area (Å²) in [5.74, 6) is 0.183. The van der Waals surface area contributed by atoms with Crippen molar-refractivity contribution in [3.8, 4) is 11.4 Å². The maximum absolute atomic E-state index is 12.8. The first-order valence-corrected chi connectivity index (χ1v) is 12.2. The molecule has 0 bridgehead atoms. The molecule has 1 heterocycles. The molecule has 2 N–H and O–H groups in total. The molecule has 0 saturated heterocycles. The highest BCUT2D eigenvalue weighted by molar-refractivity contribution is 7.80. The molecule has 0 aliphatic heterocycles. The van der Waals surface area contributed by atoms with E-state index in [0.717, 1.165) is 41.1 Å². The highest BCUT2D eigenvalue weighted by Gasteiger charge is 2.16. The van der Waals surface area contributed by atoms with Crippen molar-refractivity contribution >= 4 is 45.6 Å². The number of carbonyl (C=O) groups excluding carboxylic acids is 1. The minimum Gasteiger partial charge on any atom is -0.496 e. The number of fused-ring (bicyclic) bond motifs is 1. The van der Waals surface area contributed by atoms with Crippen LogP contribution in [0.1, 0.15) is 35.3 Å². The molecule has 0 radical (unpaired) electrons. The van der Waals surface area contributed by atoms with E-state index in [1.165, 1.54) is 5.69 Å². The van der Waals surface area contributed by atoms with Crippen LogP contribution in [0.15, 0.2) is 54.6 Å². The first kappa shape index (κ1) is 25.1. The van der Waals surface area contributed by atoms with E-state index in [9.17, 15) is 4.79 Å². The van der Waals surface area contributed by atoms with Gasteiger partial charge >= 0.3 is 0 Å². The van der Waals surface area contributed by atoms with Crippen LogP contribution < -0.4 is 20.3 Å². The minimum atomic E-state index is -0.342. The Hall–Kier alpha value is -3.98. The largest absolute Gasteiger partial charge is 0.496 e. The highest BCUT2D eigenvalue weighted by Crippen LogP contribution is 2.24. The summed E-state index contributed by atoms with van der Waals surface area (Å²) in [5, 5.41) is 15.3. The van der Waals surface area contributed by atoms with Crippen LogP contribution in [-0.4, -0.2) is 46.2 Å². The molecule has 0 unspecified atom stereocenters. The third-order valence-corrected chi connectivity index (χ3v) is 6.28. The number of benzene rings is 3. The molecular weight excluding hydrogens is 472 g/mol. The van der Waals surface area contributed by atoms with Gasteiger partial charge in [-0.2, -0.15) is 4.80 Å². The number of carbonyl (C=O) groups is 1. The lowest BCUT2D eigenvalue weighted by Crippen LogP contribution is -2.34. The van der Waals surface area contributed by atoms with Crippen molar-refractivity contribution < 1.29 is 9.53 Å².